The van der Waals surface area contributed by atoms with Crippen LogP contribution >= 0.6 is 0 Å². The summed E-state index contributed by atoms with van der Waals surface area (Å²) in [7, 11) is 3.75. The fourth-order valence-electron chi connectivity index (χ4n) is 5.25. The predicted molar refractivity (Wildman–Crippen MR) is 133 cm³/mol. The molecule has 2 atom stereocenters. The van der Waals surface area contributed by atoms with Gasteiger partial charge >= 0.3 is 5.69 Å². The molecule has 0 aliphatic carbocycles. The SMILES string of the molecule is CCC1CC(n2c(=O)nc(-c3cnn(C)c3)c3oc4c(C)cc(-c5cnn(C)c5)cc4c32)CCO1. The number of ether oxygens (including phenoxy) is 1. The van der Waals surface area contributed by atoms with E-state index in [1.807, 2.05) is 44.2 Å². The summed E-state index contributed by atoms with van der Waals surface area (Å²) in [4.78, 5) is 18.2. The molecule has 180 valence electrons. The van der Waals surface area contributed by atoms with Crippen molar-refractivity contribution in [3.63, 3.8) is 0 Å². The lowest BCUT2D eigenvalue weighted by Gasteiger charge is -2.30. The minimum Gasteiger partial charge on any atom is -0.452 e. The molecule has 0 bridgehead atoms. The maximum Gasteiger partial charge on any atom is 0.349 e. The average molecular weight is 473 g/mol. The Morgan fingerprint density at radius 2 is 1.77 bits per heavy atom. The molecule has 5 aromatic rings. The van der Waals surface area contributed by atoms with Crippen molar-refractivity contribution >= 4 is 22.1 Å². The van der Waals surface area contributed by atoms with E-state index in [4.69, 9.17) is 9.15 Å². The lowest BCUT2D eigenvalue weighted by Crippen LogP contribution is -2.34. The Bertz CT molecular complexity index is 1620. The van der Waals surface area contributed by atoms with Crippen LogP contribution in [0.3, 0.4) is 0 Å². The number of nitrogens with zero attached hydrogens (tertiary/aromatic N) is 6. The van der Waals surface area contributed by atoms with Crippen molar-refractivity contribution < 1.29 is 9.15 Å². The summed E-state index contributed by atoms with van der Waals surface area (Å²) in [6.45, 7) is 4.77. The number of aryl methyl sites for hydroxylation is 3. The van der Waals surface area contributed by atoms with Gasteiger partial charge in [0, 0.05) is 55.7 Å². The first-order valence-corrected chi connectivity index (χ1v) is 12.0. The third kappa shape index (κ3) is 3.58. The van der Waals surface area contributed by atoms with E-state index >= 15 is 0 Å². The highest BCUT2D eigenvalue weighted by Crippen LogP contribution is 2.39. The van der Waals surface area contributed by atoms with Crippen molar-refractivity contribution in [3.8, 4) is 22.4 Å². The molecule has 2 unspecified atom stereocenters. The van der Waals surface area contributed by atoms with Crippen LogP contribution in [-0.4, -0.2) is 41.8 Å². The van der Waals surface area contributed by atoms with Crippen molar-refractivity contribution in [1.29, 1.82) is 0 Å². The molecule has 6 rings (SSSR count). The molecule has 1 aliphatic rings. The van der Waals surface area contributed by atoms with Crippen molar-refractivity contribution in [2.75, 3.05) is 6.61 Å². The van der Waals surface area contributed by atoms with Crippen LogP contribution in [0.15, 0.2) is 46.1 Å². The van der Waals surface area contributed by atoms with Gasteiger partial charge in [0.2, 0.25) is 0 Å². The molecule has 1 aromatic carbocycles. The van der Waals surface area contributed by atoms with Gasteiger partial charge in [-0.1, -0.05) is 6.92 Å². The van der Waals surface area contributed by atoms with Gasteiger partial charge in [-0.25, -0.2) is 4.79 Å². The van der Waals surface area contributed by atoms with Crippen LogP contribution in [0.5, 0.6) is 0 Å². The highest BCUT2D eigenvalue weighted by Gasteiger charge is 2.29. The summed E-state index contributed by atoms with van der Waals surface area (Å²) in [6, 6.07) is 4.19. The number of rotatable bonds is 4. The number of hydrogen-bond acceptors (Lipinski definition) is 6. The van der Waals surface area contributed by atoms with E-state index in [1.165, 1.54) is 0 Å². The summed E-state index contributed by atoms with van der Waals surface area (Å²) >= 11 is 0. The Morgan fingerprint density at radius 1 is 1.03 bits per heavy atom. The second-order valence-corrected chi connectivity index (χ2v) is 9.45. The topological polar surface area (TPSA) is 92.9 Å². The first-order valence-electron chi connectivity index (χ1n) is 12.0. The molecular formula is C26H28N6O3. The van der Waals surface area contributed by atoms with Gasteiger partial charge in [0.05, 0.1) is 18.5 Å². The smallest absolute Gasteiger partial charge is 0.349 e. The lowest BCUT2D eigenvalue weighted by molar-refractivity contribution is -0.00709. The summed E-state index contributed by atoms with van der Waals surface area (Å²) in [6.07, 6.45) is 9.97. The zero-order chi connectivity index (χ0) is 24.3. The molecule has 35 heavy (non-hydrogen) atoms. The average Bonchev–Trinajstić information content (AvgIpc) is 3.57. The largest absolute Gasteiger partial charge is 0.452 e. The van der Waals surface area contributed by atoms with Gasteiger partial charge in [0.1, 0.15) is 16.8 Å². The highest BCUT2D eigenvalue weighted by molar-refractivity contribution is 6.08. The number of fused-ring (bicyclic) bond motifs is 3. The Balaban J connectivity index is 1.68. The van der Waals surface area contributed by atoms with E-state index in [9.17, 15) is 4.79 Å². The second-order valence-electron chi connectivity index (χ2n) is 9.45. The van der Waals surface area contributed by atoms with E-state index in [-0.39, 0.29) is 17.8 Å². The standard InChI is InChI=1S/C26H28N6O3/c1-5-20-10-19(6-7-34-20)32-23-21-9-16(17-11-27-30(3)13-17)8-15(2)24(21)35-25(23)22(29-26(32)33)18-12-28-31(4)14-18/h8-9,11-14,19-20H,5-7,10H2,1-4H3. The zero-order valence-corrected chi connectivity index (χ0v) is 20.4. The van der Waals surface area contributed by atoms with Gasteiger partial charge < -0.3 is 9.15 Å². The Kier molecular flexibility index (Phi) is 5.10. The van der Waals surface area contributed by atoms with Crippen LogP contribution in [-0.2, 0) is 18.8 Å². The first-order chi connectivity index (χ1) is 16.9. The molecule has 0 saturated carbocycles. The number of benzene rings is 1. The maximum atomic E-state index is 13.6. The normalized spacial score (nSPS) is 18.6. The molecular weight excluding hydrogens is 444 g/mol. The lowest BCUT2D eigenvalue weighted by atomic mass is 9.99. The van der Waals surface area contributed by atoms with Crippen LogP contribution in [0.4, 0.5) is 0 Å². The highest BCUT2D eigenvalue weighted by atomic mass is 16.5. The summed E-state index contributed by atoms with van der Waals surface area (Å²) in [5.74, 6) is 0. The molecule has 0 N–H and O–H groups in total. The van der Waals surface area contributed by atoms with E-state index in [0.29, 0.717) is 17.9 Å². The van der Waals surface area contributed by atoms with Crippen LogP contribution in [0.1, 0.15) is 37.8 Å². The van der Waals surface area contributed by atoms with E-state index < -0.39 is 0 Å². The third-order valence-corrected chi connectivity index (χ3v) is 7.00. The summed E-state index contributed by atoms with van der Waals surface area (Å²) in [5, 5.41) is 9.53. The van der Waals surface area contributed by atoms with Crippen molar-refractivity contribution in [1.82, 2.24) is 29.1 Å². The van der Waals surface area contributed by atoms with Gasteiger partial charge in [-0.3, -0.25) is 13.9 Å². The fraction of sp³-hybridized carbons (Fsp3) is 0.385. The Hall–Kier alpha value is -3.72. The van der Waals surface area contributed by atoms with Crippen molar-refractivity contribution in [2.45, 2.75) is 45.3 Å². The van der Waals surface area contributed by atoms with Gasteiger partial charge in [-0.15, -0.1) is 0 Å². The Labute approximate surface area is 201 Å². The monoisotopic (exact) mass is 472 g/mol. The van der Waals surface area contributed by atoms with Crippen LogP contribution < -0.4 is 5.69 Å². The molecule has 0 amide bonds. The van der Waals surface area contributed by atoms with E-state index in [1.54, 1.807) is 15.6 Å². The van der Waals surface area contributed by atoms with Crippen LogP contribution in [0, 0.1) is 6.92 Å². The molecule has 0 spiro atoms. The van der Waals surface area contributed by atoms with Gasteiger partial charge in [-0.2, -0.15) is 15.2 Å². The summed E-state index contributed by atoms with van der Waals surface area (Å²) in [5.41, 5.74) is 6.20. The van der Waals surface area contributed by atoms with Crippen molar-refractivity contribution in [2.24, 2.45) is 14.1 Å². The number of hydrogen-bond donors (Lipinski definition) is 0. The quantitative estimate of drug-likeness (QED) is 0.385. The number of furan rings is 1. The first kappa shape index (κ1) is 21.8. The second kappa shape index (κ2) is 8.20. The van der Waals surface area contributed by atoms with Crippen LogP contribution in [0.2, 0.25) is 0 Å². The predicted octanol–water partition coefficient (Wildman–Crippen LogP) is 4.38. The molecule has 5 heterocycles. The molecule has 9 heteroatoms. The molecule has 1 fully saturated rings. The van der Waals surface area contributed by atoms with Crippen molar-refractivity contribution in [3.05, 3.63) is 53.0 Å². The third-order valence-electron chi connectivity index (χ3n) is 7.00. The molecule has 9 nitrogen and oxygen atoms in total. The molecule has 0 radical (unpaired) electrons. The minimum atomic E-state index is -0.273. The van der Waals surface area contributed by atoms with E-state index in [0.717, 1.165) is 58.0 Å². The van der Waals surface area contributed by atoms with Crippen LogP contribution in [0.25, 0.3) is 44.5 Å². The van der Waals surface area contributed by atoms with E-state index in [2.05, 4.69) is 34.2 Å². The van der Waals surface area contributed by atoms with Gasteiger partial charge in [0.25, 0.3) is 0 Å². The molecule has 1 aliphatic heterocycles. The molecule has 1 saturated heterocycles. The molecule has 4 aromatic heterocycles. The van der Waals surface area contributed by atoms with Gasteiger partial charge in [0.15, 0.2) is 5.58 Å². The fourth-order valence-corrected chi connectivity index (χ4v) is 5.25. The maximum absolute atomic E-state index is 13.6. The van der Waals surface area contributed by atoms with Gasteiger partial charge in [-0.05, 0) is 49.4 Å². The minimum absolute atomic E-state index is 0.0118. The summed E-state index contributed by atoms with van der Waals surface area (Å²) < 4.78 is 17.8. The zero-order valence-electron chi connectivity index (χ0n) is 20.4. The number of aromatic nitrogens is 6. The Morgan fingerprint density at radius 3 is 2.46 bits per heavy atom.